The molecule has 0 atom stereocenters. The van der Waals surface area contributed by atoms with E-state index in [4.69, 9.17) is 27.8 Å². The zero-order valence-electron chi connectivity index (χ0n) is 22.7. The van der Waals surface area contributed by atoms with E-state index >= 15 is 0 Å². The quantitative estimate of drug-likeness (QED) is 0.548. The average molecular weight is 497 g/mol. The molecular weight excluding hydrogens is 456 g/mol. The predicted molar refractivity (Wildman–Crippen MR) is 125 cm³/mol. The molecule has 0 amide bonds. The van der Waals surface area contributed by atoms with E-state index in [-0.39, 0.29) is 21.7 Å². The zero-order chi connectivity index (χ0) is 26.9. The van der Waals surface area contributed by atoms with Gasteiger partial charge < -0.3 is 4.74 Å². The van der Waals surface area contributed by atoms with Crippen LogP contribution in [0.25, 0.3) is 6.08 Å². The molecule has 0 N–H and O–H groups in total. The van der Waals surface area contributed by atoms with Crippen molar-refractivity contribution in [3.05, 3.63) is 58.5 Å². The third-order valence-corrected chi connectivity index (χ3v) is 5.12. The number of rotatable bonds is 1. The van der Waals surface area contributed by atoms with Gasteiger partial charge >= 0.3 is 11.5 Å². The highest BCUT2D eigenvalue weighted by molar-refractivity contribution is 5.54. The van der Waals surface area contributed by atoms with Crippen LogP contribution in [-0.2, 0) is 15.6 Å². The molecule has 0 aromatic carbocycles. The minimum absolute atomic E-state index is 0.0420. The van der Waals surface area contributed by atoms with E-state index in [0.717, 1.165) is 23.0 Å². The van der Waals surface area contributed by atoms with Crippen molar-refractivity contribution in [3.63, 3.8) is 0 Å². The van der Waals surface area contributed by atoms with Crippen LogP contribution in [0.2, 0.25) is 0 Å². The van der Waals surface area contributed by atoms with Gasteiger partial charge in [-0.15, -0.1) is 10.2 Å². The number of hydrogen-bond donors (Lipinski definition) is 0. The molecule has 0 saturated carbocycles. The van der Waals surface area contributed by atoms with E-state index in [9.17, 15) is 0 Å². The highest BCUT2D eigenvalue weighted by Crippen LogP contribution is 2.39. The van der Waals surface area contributed by atoms with Gasteiger partial charge in [0.15, 0.2) is 0 Å². The van der Waals surface area contributed by atoms with Gasteiger partial charge in [0.05, 0.1) is 11.5 Å². The fraction of sp³-hybridized carbons (Fsp3) is 0.593. The van der Waals surface area contributed by atoms with Crippen LogP contribution in [0.4, 0.5) is 0 Å². The molecule has 0 saturated heterocycles. The van der Waals surface area contributed by atoms with Crippen molar-refractivity contribution in [2.75, 3.05) is 0 Å². The predicted octanol–water partition coefficient (Wildman–Crippen LogP) is 3.67. The molecule has 0 fully saturated rings. The third kappa shape index (κ3) is 10.3. The second-order valence-electron chi connectivity index (χ2n) is 12.7. The van der Waals surface area contributed by atoms with Gasteiger partial charge in [0, 0.05) is 17.5 Å². The van der Waals surface area contributed by atoms with Crippen LogP contribution in [0.5, 0.6) is 0 Å². The Balaban J connectivity index is 0.00000104. The van der Waals surface area contributed by atoms with Crippen LogP contribution < -0.4 is 18.6 Å². The molecule has 0 radical (unpaired) electrons. The number of hydrogen-bond acceptors (Lipinski definition) is 5. The van der Waals surface area contributed by atoms with E-state index in [2.05, 4.69) is 107 Å². The maximum atomic E-state index is 8.49. The standard InChI is InChI=1S/C27H41O2.ClHO4/c1-24(2,3)18-13-20(28-22(15-18)26(7,8)9)17-21-14-19(25(4,5)6)16-23(29-21)27(10,11)12;2-1(3,4)5/h13-17H,1-12H3;(H,2,3,4,5)/q+1;/p-1. The lowest BCUT2D eigenvalue weighted by Crippen LogP contribution is -2.68. The van der Waals surface area contributed by atoms with Crippen molar-refractivity contribution in [2.45, 2.75) is 93.9 Å². The maximum Gasteiger partial charge on any atom is 0.357 e. The van der Waals surface area contributed by atoms with E-state index < -0.39 is 10.2 Å². The first-order valence-corrected chi connectivity index (χ1v) is 12.6. The summed E-state index contributed by atoms with van der Waals surface area (Å²) >= 11 is 0. The van der Waals surface area contributed by atoms with Crippen LogP contribution in [-0.4, -0.2) is 0 Å². The molecule has 1 aromatic heterocycles. The van der Waals surface area contributed by atoms with E-state index in [1.807, 2.05) is 6.08 Å². The van der Waals surface area contributed by atoms with Crippen molar-refractivity contribution < 1.29 is 38.0 Å². The lowest BCUT2D eigenvalue weighted by molar-refractivity contribution is -2.00. The van der Waals surface area contributed by atoms with E-state index in [1.54, 1.807) is 0 Å². The van der Waals surface area contributed by atoms with Crippen molar-refractivity contribution in [3.8, 4) is 0 Å². The Hall–Kier alpha value is -1.70. The van der Waals surface area contributed by atoms with Crippen molar-refractivity contribution >= 4 is 6.08 Å². The minimum Gasteiger partial charge on any atom is -0.461 e. The summed E-state index contributed by atoms with van der Waals surface area (Å²) in [5, 5.41) is 0. The summed E-state index contributed by atoms with van der Waals surface area (Å²) in [5.41, 5.74) is 2.49. The van der Waals surface area contributed by atoms with Gasteiger partial charge in [-0.3, -0.25) is 0 Å². The van der Waals surface area contributed by atoms with E-state index in [0.29, 0.717) is 0 Å². The average Bonchev–Trinajstić information content (AvgIpc) is 2.56. The Labute approximate surface area is 207 Å². The molecule has 0 bridgehead atoms. The number of halogens is 1. The molecule has 0 aliphatic carbocycles. The van der Waals surface area contributed by atoms with Crippen molar-refractivity contribution in [1.82, 2.24) is 0 Å². The summed E-state index contributed by atoms with van der Waals surface area (Å²) < 4.78 is 46.6. The normalized spacial score (nSPS) is 16.9. The molecular formula is C27H41ClO6. The fourth-order valence-corrected chi connectivity index (χ4v) is 2.93. The Morgan fingerprint density at radius 2 is 1.21 bits per heavy atom. The highest BCUT2D eigenvalue weighted by atomic mass is 35.7. The second kappa shape index (κ2) is 10.1. The molecule has 2 rings (SSSR count). The van der Waals surface area contributed by atoms with Gasteiger partial charge in [0.2, 0.25) is 0 Å². The first kappa shape index (κ1) is 30.3. The fourth-order valence-electron chi connectivity index (χ4n) is 2.93. The molecule has 7 heteroatoms. The molecule has 1 aromatic rings. The molecule has 0 unspecified atom stereocenters. The van der Waals surface area contributed by atoms with Crippen LogP contribution in [0.3, 0.4) is 0 Å². The maximum absolute atomic E-state index is 8.49. The molecule has 6 nitrogen and oxygen atoms in total. The Morgan fingerprint density at radius 3 is 1.59 bits per heavy atom. The van der Waals surface area contributed by atoms with Crippen LogP contribution in [0.1, 0.15) is 100 Å². The first-order chi connectivity index (χ1) is 14.9. The van der Waals surface area contributed by atoms with Gasteiger partial charge in [-0.1, -0.05) is 62.3 Å². The van der Waals surface area contributed by atoms with Gasteiger partial charge in [-0.25, -0.2) is 23.1 Å². The van der Waals surface area contributed by atoms with Gasteiger partial charge in [-0.2, -0.15) is 0 Å². The second-order valence-corrected chi connectivity index (χ2v) is 13.5. The summed E-state index contributed by atoms with van der Waals surface area (Å²) in [4.78, 5) is 0. The molecule has 192 valence electrons. The number of ether oxygens (including phenoxy) is 1. The van der Waals surface area contributed by atoms with Gasteiger partial charge in [0.1, 0.15) is 11.5 Å². The summed E-state index contributed by atoms with van der Waals surface area (Å²) in [7, 11) is -4.94. The topological polar surface area (TPSA) is 113 Å². The Morgan fingerprint density at radius 1 is 0.706 bits per heavy atom. The molecule has 1 aliphatic rings. The summed E-state index contributed by atoms with van der Waals surface area (Å²) in [5.74, 6) is 3.63. The molecule has 2 heterocycles. The Bertz CT molecular complexity index is 915. The van der Waals surface area contributed by atoms with E-state index in [1.165, 1.54) is 11.1 Å². The first-order valence-electron chi connectivity index (χ1n) is 11.3. The molecule has 34 heavy (non-hydrogen) atoms. The SMILES string of the molecule is CC(C)(C)C1=C/C(=C/c2cc(C(C)(C)C)cc(C(C)(C)C)[o+]2)OC(C(C)(C)C)=C1.[O-][Cl+3]([O-])([O-])[O-]. The lowest BCUT2D eigenvalue weighted by Gasteiger charge is -2.31. The summed E-state index contributed by atoms with van der Waals surface area (Å²) in [6, 6.07) is 4.34. The Kier molecular flexibility index (Phi) is 9.02. The van der Waals surface area contributed by atoms with Gasteiger partial charge in [0.25, 0.3) is 0 Å². The minimum atomic E-state index is -4.94. The highest BCUT2D eigenvalue weighted by Gasteiger charge is 2.32. The smallest absolute Gasteiger partial charge is 0.357 e. The third-order valence-electron chi connectivity index (χ3n) is 5.12. The van der Waals surface area contributed by atoms with Crippen molar-refractivity contribution in [2.24, 2.45) is 10.8 Å². The summed E-state index contributed by atoms with van der Waals surface area (Å²) in [6.07, 6.45) is 6.38. The van der Waals surface area contributed by atoms with Crippen LogP contribution in [0, 0.1) is 21.1 Å². The van der Waals surface area contributed by atoms with Gasteiger partial charge in [-0.05, 0) is 54.9 Å². The van der Waals surface area contributed by atoms with Crippen LogP contribution >= 0.6 is 0 Å². The molecule has 0 spiro atoms. The van der Waals surface area contributed by atoms with Crippen molar-refractivity contribution in [1.29, 1.82) is 0 Å². The monoisotopic (exact) mass is 496 g/mol. The van der Waals surface area contributed by atoms with Crippen LogP contribution in [0.15, 0.2) is 45.8 Å². The zero-order valence-corrected chi connectivity index (χ0v) is 23.5. The summed E-state index contributed by atoms with van der Waals surface area (Å²) in [6.45, 7) is 26.5. The lowest BCUT2D eigenvalue weighted by atomic mass is 9.82. The molecule has 1 aliphatic heterocycles. The largest absolute Gasteiger partial charge is 0.461 e. The number of allylic oxidation sites excluding steroid dienone is 4.